The fraction of sp³-hybridized carbons (Fsp3) is 0.400. The van der Waals surface area contributed by atoms with E-state index in [1.165, 1.54) is 0 Å². The van der Waals surface area contributed by atoms with Gasteiger partial charge in [0.2, 0.25) is 5.91 Å². The van der Waals surface area contributed by atoms with Crippen LogP contribution in [-0.2, 0) is 11.2 Å². The van der Waals surface area contributed by atoms with Crippen LogP contribution in [0.25, 0.3) is 0 Å². The number of ether oxygens (including phenoxy) is 1. The fourth-order valence-corrected chi connectivity index (χ4v) is 2.05. The first-order valence-corrected chi connectivity index (χ1v) is 6.21. The summed E-state index contributed by atoms with van der Waals surface area (Å²) in [4.78, 5) is 12.0. The zero-order chi connectivity index (χ0) is 13.0. The van der Waals surface area contributed by atoms with E-state index < -0.39 is 0 Å². The number of amides is 1. The highest BCUT2D eigenvalue weighted by Gasteiger charge is 2.26. The standard InChI is InChI=1S/C15H17NO2/c1-3-13(4-2)16-15(17)12-9-11-7-5-6-8-14(11)18-10-12/h1,5-8,12-13H,4,9-10H2,2H3,(H,16,17). The van der Waals surface area contributed by atoms with Crippen LogP contribution in [0.1, 0.15) is 18.9 Å². The number of hydrogen-bond donors (Lipinski definition) is 1. The predicted octanol–water partition coefficient (Wildman–Crippen LogP) is 1.77. The number of para-hydroxylation sites is 1. The van der Waals surface area contributed by atoms with Crippen LogP contribution >= 0.6 is 0 Å². The number of rotatable bonds is 3. The van der Waals surface area contributed by atoms with Gasteiger partial charge >= 0.3 is 0 Å². The molecule has 1 amide bonds. The molecule has 1 aromatic rings. The lowest BCUT2D eigenvalue weighted by Crippen LogP contribution is -2.41. The Balaban J connectivity index is 2.01. The number of nitrogens with one attached hydrogen (secondary N) is 1. The second-order valence-electron chi connectivity index (χ2n) is 4.46. The Morgan fingerprint density at radius 1 is 1.61 bits per heavy atom. The topological polar surface area (TPSA) is 38.3 Å². The molecule has 1 aliphatic rings. The molecule has 3 heteroatoms. The molecule has 1 N–H and O–H groups in total. The molecule has 2 rings (SSSR count). The van der Waals surface area contributed by atoms with E-state index in [9.17, 15) is 4.79 Å². The van der Waals surface area contributed by atoms with E-state index in [2.05, 4.69) is 11.2 Å². The van der Waals surface area contributed by atoms with Crippen molar-refractivity contribution >= 4 is 5.91 Å². The third kappa shape index (κ3) is 2.65. The summed E-state index contributed by atoms with van der Waals surface area (Å²) in [7, 11) is 0. The number of fused-ring (bicyclic) bond motifs is 1. The van der Waals surface area contributed by atoms with Crippen LogP contribution in [0.4, 0.5) is 0 Å². The highest BCUT2D eigenvalue weighted by molar-refractivity contribution is 5.80. The smallest absolute Gasteiger partial charge is 0.227 e. The summed E-state index contributed by atoms with van der Waals surface area (Å²) < 4.78 is 5.59. The Kier molecular flexibility index (Phi) is 3.88. The van der Waals surface area contributed by atoms with Crippen molar-refractivity contribution in [3.63, 3.8) is 0 Å². The Labute approximate surface area is 108 Å². The molecule has 2 atom stereocenters. The van der Waals surface area contributed by atoms with E-state index in [1.807, 2.05) is 31.2 Å². The average Bonchev–Trinajstić information content (AvgIpc) is 2.44. The number of benzene rings is 1. The maximum absolute atomic E-state index is 12.0. The van der Waals surface area contributed by atoms with Gasteiger partial charge in [-0.15, -0.1) is 6.42 Å². The molecule has 0 radical (unpaired) electrons. The first kappa shape index (κ1) is 12.5. The van der Waals surface area contributed by atoms with Crippen LogP contribution in [-0.4, -0.2) is 18.6 Å². The van der Waals surface area contributed by atoms with E-state index in [4.69, 9.17) is 11.2 Å². The van der Waals surface area contributed by atoms with E-state index in [0.717, 1.165) is 17.7 Å². The Bertz CT molecular complexity index is 476. The van der Waals surface area contributed by atoms with E-state index in [-0.39, 0.29) is 17.9 Å². The molecule has 0 spiro atoms. The zero-order valence-electron chi connectivity index (χ0n) is 10.5. The lowest BCUT2D eigenvalue weighted by atomic mass is 9.95. The zero-order valence-corrected chi connectivity index (χ0v) is 10.5. The first-order valence-electron chi connectivity index (χ1n) is 6.21. The van der Waals surface area contributed by atoms with Crippen molar-refractivity contribution in [1.82, 2.24) is 5.32 Å². The van der Waals surface area contributed by atoms with Gasteiger partial charge in [0.1, 0.15) is 12.4 Å². The predicted molar refractivity (Wildman–Crippen MR) is 70.2 cm³/mol. The minimum Gasteiger partial charge on any atom is -0.492 e. The van der Waals surface area contributed by atoms with Crippen molar-refractivity contribution in [3.8, 4) is 18.1 Å². The quantitative estimate of drug-likeness (QED) is 0.822. The fourth-order valence-electron chi connectivity index (χ4n) is 2.05. The van der Waals surface area contributed by atoms with Gasteiger partial charge in [-0.2, -0.15) is 0 Å². The molecule has 2 unspecified atom stereocenters. The Morgan fingerprint density at radius 3 is 3.11 bits per heavy atom. The normalized spacial score (nSPS) is 19.0. The molecule has 18 heavy (non-hydrogen) atoms. The molecule has 1 aliphatic heterocycles. The highest BCUT2D eigenvalue weighted by atomic mass is 16.5. The van der Waals surface area contributed by atoms with Crippen molar-refractivity contribution < 1.29 is 9.53 Å². The van der Waals surface area contributed by atoms with Gasteiger partial charge < -0.3 is 10.1 Å². The molecular formula is C15H17NO2. The molecule has 3 nitrogen and oxygen atoms in total. The van der Waals surface area contributed by atoms with Gasteiger partial charge in [-0.25, -0.2) is 0 Å². The maximum atomic E-state index is 12.0. The molecule has 0 fully saturated rings. The minimum absolute atomic E-state index is 0.0192. The van der Waals surface area contributed by atoms with Crippen molar-refractivity contribution in [2.24, 2.45) is 5.92 Å². The highest BCUT2D eigenvalue weighted by Crippen LogP contribution is 2.26. The summed E-state index contributed by atoms with van der Waals surface area (Å²) in [5, 5.41) is 2.86. The molecule has 0 saturated carbocycles. The molecule has 0 saturated heterocycles. The lowest BCUT2D eigenvalue weighted by Gasteiger charge is -2.25. The molecule has 94 valence electrons. The van der Waals surface area contributed by atoms with Crippen LogP contribution in [0.2, 0.25) is 0 Å². The summed E-state index contributed by atoms with van der Waals surface area (Å²) in [6.45, 7) is 2.38. The van der Waals surface area contributed by atoms with Crippen LogP contribution < -0.4 is 10.1 Å². The van der Waals surface area contributed by atoms with Crippen LogP contribution in [0.3, 0.4) is 0 Å². The molecule has 1 heterocycles. The molecule has 0 aromatic heterocycles. The van der Waals surface area contributed by atoms with E-state index in [1.54, 1.807) is 0 Å². The van der Waals surface area contributed by atoms with Crippen molar-refractivity contribution in [2.75, 3.05) is 6.61 Å². The molecule has 0 aliphatic carbocycles. The third-order valence-electron chi connectivity index (χ3n) is 3.18. The Hall–Kier alpha value is -1.95. The minimum atomic E-state index is -0.185. The van der Waals surface area contributed by atoms with Gasteiger partial charge in [0.15, 0.2) is 0 Å². The van der Waals surface area contributed by atoms with Crippen molar-refractivity contribution in [1.29, 1.82) is 0 Å². The Morgan fingerprint density at radius 2 is 2.39 bits per heavy atom. The SMILES string of the molecule is C#CC(CC)NC(=O)C1COc2ccccc2C1. The van der Waals surface area contributed by atoms with E-state index >= 15 is 0 Å². The number of hydrogen-bond acceptors (Lipinski definition) is 2. The van der Waals surface area contributed by atoms with Gasteiger partial charge in [0.25, 0.3) is 0 Å². The summed E-state index contributed by atoms with van der Waals surface area (Å²) in [6.07, 6.45) is 6.80. The first-order chi connectivity index (χ1) is 8.74. The maximum Gasteiger partial charge on any atom is 0.227 e. The van der Waals surface area contributed by atoms with Crippen LogP contribution in [0.15, 0.2) is 24.3 Å². The number of carbonyl (C=O) groups excluding carboxylic acids is 1. The van der Waals surface area contributed by atoms with Gasteiger partial charge in [-0.05, 0) is 24.5 Å². The monoisotopic (exact) mass is 243 g/mol. The summed E-state index contributed by atoms with van der Waals surface area (Å²) in [5.74, 6) is 3.28. The van der Waals surface area contributed by atoms with Gasteiger partial charge in [0.05, 0.1) is 12.0 Å². The number of carbonyl (C=O) groups is 1. The average molecular weight is 243 g/mol. The second kappa shape index (κ2) is 5.59. The summed E-state index contributed by atoms with van der Waals surface area (Å²) in [6, 6.07) is 7.63. The summed E-state index contributed by atoms with van der Waals surface area (Å²) in [5.41, 5.74) is 1.08. The van der Waals surface area contributed by atoms with Crippen molar-refractivity contribution in [2.45, 2.75) is 25.8 Å². The second-order valence-corrected chi connectivity index (χ2v) is 4.46. The summed E-state index contributed by atoms with van der Waals surface area (Å²) >= 11 is 0. The third-order valence-corrected chi connectivity index (χ3v) is 3.18. The molecule has 0 bridgehead atoms. The molecular weight excluding hydrogens is 226 g/mol. The van der Waals surface area contributed by atoms with Crippen LogP contribution in [0.5, 0.6) is 5.75 Å². The largest absolute Gasteiger partial charge is 0.492 e. The van der Waals surface area contributed by atoms with Gasteiger partial charge in [0, 0.05) is 0 Å². The van der Waals surface area contributed by atoms with E-state index in [0.29, 0.717) is 13.0 Å². The van der Waals surface area contributed by atoms with Gasteiger partial charge in [-0.1, -0.05) is 31.0 Å². The van der Waals surface area contributed by atoms with Crippen LogP contribution in [0, 0.1) is 18.3 Å². The molecule has 1 aromatic carbocycles. The van der Waals surface area contributed by atoms with Gasteiger partial charge in [-0.3, -0.25) is 4.79 Å². The lowest BCUT2D eigenvalue weighted by molar-refractivity contribution is -0.126. The van der Waals surface area contributed by atoms with Crippen molar-refractivity contribution in [3.05, 3.63) is 29.8 Å². The number of terminal acetylenes is 1.